The molecule has 0 aliphatic carbocycles. The van der Waals surface area contributed by atoms with Crippen LogP contribution in [0.25, 0.3) is 0 Å². The van der Waals surface area contributed by atoms with Gasteiger partial charge in [0, 0.05) is 5.57 Å². The highest BCUT2D eigenvalue weighted by atomic mass is 16.8. The Kier molecular flexibility index (Phi) is 3.48. The lowest BCUT2D eigenvalue weighted by molar-refractivity contribution is -0.134. The SMILES string of the molecule is C=C(C)C(=O)OC(=O)OC(=O)O. The Balaban J connectivity index is 3.94. The first-order chi connectivity index (χ1) is 5.43. The summed E-state index contributed by atoms with van der Waals surface area (Å²) < 4.78 is 7.31. The summed E-state index contributed by atoms with van der Waals surface area (Å²) in [6.07, 6.45) is -3.43. The Morgan fingerprint density at radius 2 is 1.75 bits per heavy atom. The molecule has 0 bridgehead atoms. The van der Waals surface area contributed by atoms with Crippen molar-refractivity contribution in [1.82, 2.24) is 0 Å². The molecule has 0 unspecified atom stereocenters. The van der Waals surface area contributed by atoms with Gasteiger partial charge in [0.05, 0.1) is 0 Å². The van der Waals surface area contributed by atoms with Crippen LogP contribution in [-0.2, 0) is 14.3 Å². The zero-order valence-electron chi connectivity index (χ0n) is 6.20. The first-order valence-corrected chi connectivity index (χ1v) is 2.76. The van der Waals surface area contributed by atoms with Crippen LogP contribution in [0.5, 0.6) is 0 Å². The largest absolute Gasteiger partial charge is 0.526 e. The van der Waals surface area contributed by atoms with Crippen molar-refractivity contribution in [1.29, 1.82) is 0 Å². The third kappa shape index (κ3) is 4.04. The van der Waals surface area contributed by atoms with Crippen LogP contribution in [0.2, 0.25) is 0 Å². The second-order valence-electron chi connectivity index (χ2n) is 1.79. The summed E-state index contributed by atoms with van der Waals surface area (Å²) in [5, 5.41) is 7.88. The molecule has 66 valence electrons. The molecule has 0 spiro atoms. The van der Waals surface area contributed by atoms with E-state index >= 15 is 0 Å². The second-order valence-corrected chi connectivity index (χ2v) is 1.79. The lowest BCUT2D eigenvalue weighted by Crippen LogP contribution is -2.16. The molecule has 6 heteroatoms. The van der Waals surface area contributed by atoms with Crippen LogP contribution in [0.3, 0.4) is 0 Å². The molecule has 0 aromatic heterocycles. The number of ether oxygens (including phenoxy) is 2. The summed E-state index contributed by atoms with van der Waals surface area (Å²) >= 11 is 0. The highest BCUT2D eigenvalue weighted by Gasteiger charge is 2.15. The van der Waals surface area contributed by atoms with Gasteiger partial charge in [-0.2, -0.15) is 0 Å². The number of rotatable bonds is 1. The van der Waals surface area contributed by atoms with E-state index in [4.69, 9.17) is 5.11 Å². The molecule has 0 heterocycles. The van der Waals surface area contributed by atoms with Gasteiger partial charge in [0.2, 0.25) is 0 Å². The molecule has 12 heavy (non-hydrogen) atoms. The fraction of sp³-hybridized carbons (Fsp3) is 0.167. The van der Waals surface area contributed by atoms with E-state index in [0.717, 1.165) is 0 Å². The second kappa shape index (κ2) is 4.12. The van der Waals surface area contributed by atoms with E-state index in [1.165, 1.54) is 6.92 Å². The minimum absolute atomic E-state index is 0.0302. The van der Waals surface area contributed by atoms with Crippen molar-refractivity contribution in [2.45, 2.75) is 6.92 Å². The molecule has 0 aliphatic rings. The van der Waals surface area contributed by atoms with Crippen LogP contribution < -0.4 is 0 Å². The molecule has 1 N–H and O–H groups in total. The molecular weight excluding hydrogens is 168 g/mol. The topological polar surface area (TPSA) is 89.9 Å². The first kappa shape index (κ1) is 10.2. The van der Waals surface area contributed by atoms with Crippen molar-refractivity contribution in [3.63, 3.8) is 0 Å². The molecule has 6 nitrogen and oxygen atoms in total. The molecule has 0 aromatic rings. The molecular formula is C6H6O6. The summed E-state index contributed by atoms with van der Waals surface area (Å²) in [6.45, 7) is 4.46. The first-order valence-electron chi connectivity index (χ1n) is 2.76. The quantitative estimate of drug-likeness (QED) is 0.361. The fourth-order valence-electron chi connectivity index (χ4n) is 0.255. The molecule has 0 atom stereocenters. The van der Waals surface area contributed by atoms with E-state index in [0.29, 0.717) is 0 Å². The summed E-state index contributed by atoms with van der Waals surface area (Å²) in [7, 11) is 0. The van der Waals surface area contributed by atoms with Crippen molar-refractivity contribution >= 4 is 18.3 Å². The number of esters is 1. The Morgan fingerprint density at radius 1 is 1.25 bits per heavy atom. The molecule has 0 saturated heterocycles. The van der Waals surface area contributed by atoms with Gasteiger partial charge in [0.25, 0.3) is 0 Å². The van der Waals surface area contributed by atoms with Gasteiger partial charge in [-0.1, -0.05) is 6.58 Å². The smallest absolute Gasteiger partial charge is 0.449 e. The highest BCUT2D eigenvalue weighted by Crippen LogP contribution is 1.94. The predicted molar refractivity (Wildman–Crippen MR) is 35.4 cm³/mol. The van der Waals surface area contributed by atoms with E-state index in [2.05, 4.69) is 16.1 Å². The van der Waals surface area contributed by atoms with Gasteiger partial charge in [-0.3, -0.25) is 0 Å². The maximum Gasteiger partial charge on any atom is 0.526 e. The lowest BCUT2D eigenvalue weighted by Gasteiger charge is -1.98. The summed E-state index contributed by atoms with van der Waals surface area (Å²) in [4.78, 5) is 30.5. The summed E-state index contributed by atoms with van der Waals surface area (Å²) in [5.41, 5.74) is -0.0302. The summed E-state index contributed by atoms with van der Waals surface area (Å²) in [5.74, 6) is -1.03. The van der Waals surface area contributed by atoms with Crippen molar-refractivity contribution in [3.8, 4) is 0 Å². The molecule has 0 fully saturated rings. The number of hydrogen-bond donors (Lipinski definition) is 1. The van der Waals surface area contributed by atoms with Crippen LogP contribution in [0.15, 0.2) is 12.2 Å². The van der Waals surface area contributed by atoms with Gasteiger partial charge in [0.1, 0.15) is 0 Å². The third-order valence-electron chi connectivity index (χ3n) is 0.695. The van der Waals surface area contributed by atoms with E-state index in [-0.39, 0.29) is 5.57 Å². The van der Waals surface area contributed by atoms with E-state index in [9.17, 15) is 14.4 Å². The molecule has 0 aromatic carbocycles. The zero-order valence-corrected chi connectivity index (χ0v) is 6.20. The van der Waals surface area contributed by atoms with Crippen LogP contribution in [-0.4, -0.2) is 23.4 Å². The number of hydrogen-bond acceptors (Lipinski definition) is 5. The van der Waals surface area contributed by atoms with Crippen molar-refractivity contribution in [2.24, 2.45) is 0 Å². The minimum atomic E-state index is -1.84. The maximum absolute atomic E-state index is 10.5. The van der Waals surface area contributed by atoms with Crippen LogP contribution in [0.4, 0.5) is 9.59 Å². The van der Waals surface area contributed by atoms with E-state index in [1.807, 2.05) is 0 Å². The standard InChI is InChI=1S/C6H6O6/c1-3(2)4(7)11-6(10)12-5(8)9/h1H2,2H3,(H,8,9). The van der Waals surface area contributed by atoms with Crippen molar-refractivity contribution < 1.29 is 29.0 Å². The summed E-state index contributed by atoms with van der Waals surface area (Å²) in [6, 6.07) is 0. The average Bonchev–Trinajstić information content (AvgIpc) is 1.84. The third-order valence-corrected chi connectivity index (χ3v) is 0.695. The molecule has 0 aliphatic heterocycles. The number of carbonyl (C=O) groups is 3. The number of carboxylic acid groups (broad SMARTS) is 1. The average molecular weight is 174 g/mol. The Morgan fingerprint density at radius 3 is 2.08 bits per heavy atom. The molecule has 0 saturated carbocycles. The van der Waals surface area contributed by atoms with Gasteiger partial charge in [0.15, 0.2) is 0 Å². The van der Waals surface area contributed by atoms with Crippen LogP contribution >= 0.6 is 0 Å². The normalized spacial score (nSPS) is 8.42. The van der Waals surface area contributed by atoms with Gasteiger partial charge in [-0.25, -0.2) is 14.4 Å². The van der Waals surface area contributed by atoms with Gasteiger partial charge >= 0.3 is 18.3 Å². The van der Waals surface area contributed by atoms with Crippen LogP contribution in [0, 0.1) is 0 Å². The maximum atomic E-state index is 10.5. The van der Waals surface area contributed by atoms with Crippen molar-refractivity contribution in [3.05, 3.63) is 12.2 Å². The number of carbonyl (C=O) groups excluding carboxylic acids is 2. The Bertz CT molecular complexity index is 240. The van der Waals surface area contributed by atoms with Gasteiger partial charge in [-0.15, -0.1) is 0 Å². The van der Waals surface area contributed by atoms with E-state index < -0.39 is 18.3 Å². The lowest BCUT2D eigenvalue weighted by atomic mass is 10.4. The zero-order chi connectivity index (χ0) is 9.72. The monoisotopic (exact) mass is 174 g/mol. The van der Waals surface area contributed by atoms with Crippen LogP contribution in [0.1, 0.15) is 6.92 Å². The predicted octanol–water partition coefficient (Wildman–Crippen LogP) is 0.920. The van der Waals surface area contributed by atoms with Gasteiger partial charge < -0.3 is 14.6 Å². The van der Waals surface area contributed by atoms with Gasteiger partial charge in [-0.05, 0) is 6.92 Å². The van der Waals surface area contributed by atoms with Crippen molar-refractivity contribution in [2.75, 3.05) is 0 Å². The Labute approximate surface area is 67.4 Å². The molecule has 0 amide bonds. The minimum Gasteiger partial charge on any atom is -0.449 e. The molecule has 0 rings (SSSR count). The molecule has 0 radical (unpaired) electrons. The highest BCUT2D eigenvalue weighted by molar-refractivity contribution is 5.94. The fourth-order valence-corrected chi connectivity index (χ4v) is 0.255. The Hall–Kier alpha value is -1.85. The van der Waals surface area contributed by atoms with E-state index in [1.54, 1.807) is 0 Å².